The Morgan fingerprint density at radius 1 is 1.24 bits per heavy atom. The molecule has 1 atom stereocenters. The fraction of sp³-hybridized carbons (Fsp3) is 0.500. The average Bonchev–Trinajstić information content (AvgIpc) is 2.30. The summed E-state index contributed by atoms with van der Waals surface area (Å²) in [6, 6.07) is 6.71. The van der Waals surface area contributed by atoms with E-state index in [0.717, 1.165) is 18.4 Å². The number of rotatable bonds is 2. The molecule has 1 N–H and O–H groups in total. The Bertz CT molecular complexity index is 481. The van der Waals surface area contributed by atoms with Gasteiger partial charge in [-0.15, -0.1) is 0 Å². The number of aliphatic hydroxyl groups is 1. The second-order valence-electron chi connectivity index (χ2n) is 4.41. The molecule has 0 saturated carbocycles. The molecule has 0 aliphatic carbocycles. The third-order valence-electron chi connectivity index (χ3n) is 3.05. The Balaban J connectivity index is 2.32. The monoisotopic (exact) mass is 255 g/mol. The van der Waals surface area contributed by atoms with Crippen molar-refractivity contribution in [3.63, 3.8) is 0 Å². The van der Waals surface area contributed by atoms with Gasteiger partial charge in [0.2, 0.25) is 10.0 Å². The third kappa shape index (κ3) is 2.51. The van der Waals surface area contributed by atoms with Gasteiger partial charge in [-0.2, -0.15) is 4.31 Å². The number of benzene rings is 1. The molecular weight excluding hydrogens is 238 g/mol. The maximum atomic E-state index is 12.3. The fourth-order valence-corrected chi connectivity index (χ4v) is 3.56. The first-order valence-corrected chi connectivity index (χ1v) is 7.22. The van der Waals surface area contributed by atoms with E-state index in [1.807, 2.05) is 6.92 Å². The number of hydrogen-bond donors (Lipinski definition) is 1. The lowest BCUT2D eigenvalue weighted by molar-refractivity contribution is 0.0334. The van der Waals surface area contributed by atoms with Crippen LogP contribution in [0.4, 0.5) is 0 Å². The molecule has 94 valence electrons. The van der Waals surface area contributed by atoms with Gasteiger partial charge in [0, 0.05) is 6.54 Å². The molecule has 0 spiro atoms. The van der Waals surface area contributed by atoms with Crippen LogP contribution in [0.15, 0.2) is 29.2 Å². The van der Waals surface area contributed by atoms with Gasteiger partial charge in [0.05, 0.1) is 4.90 Å². The van der Waals surface area contributed by atoms with Crippen molar-refractivity contribution in [3.8, 4) is 0 Å². The number of aryl methyl sites for hydroxylation is 1. The van der Waals surface area contributed by atoms with Crippen molar-refractivity contribution in [2.45, 2.75) is 37.3 Å². The van der Waals surface area contributed by atoms with Crippen molar-refractivity contribution < 1.29 is 13.5 Å². The number of hydrogen-bond acceptors (Lipinski definition) is 3. The third-order valence-corrected chi connectivity index (χ3v) is 4.96. The predicted molar refractivity (Wildman–Crippen MR) is 64.9 cm³/mol. The quantitative estimate of drug-likeness (QED) is 0.871. The Kier molecular flexibility index (Phi) is 3.51. The molecule has 1 fully saturated rings. The highest BCUT2D eigenvalue weighted by atomic mass is 32.2. The van der Waals surface area contributed by atoms with E-state index in [9.17, 15) is 13.5 Å². The van der Waals surface area contributed by atoms with Gasteiger partial charge >= 0.3 is 0 Å². The lowest BCUT2D eigenvalue weighted by atomic mass is 10.1. The lowest BCUT2D eigenvalue weighted by Gasteiger charge is -2.30. The van der Waals surface area contributed by atoms with Crippen molar-refractivity contribution in [1.82, 2.24) is 4.31 Å². The summed E-state index contributed by atoms with van der Waals surface area (Å²) in [6.07, 6.45) is 1.32. The molecule has 5 heteroatoms. The SMILES string of the molecule is Cc1ccc(S(=O)(=O)N2CCCC[C@H]2O)cc1. The predicted octanol–water partition coefficient (Wildman–Crippen LogP) is 1.49. The van der Waals surface area contributed by atoms with Crippen LogP contribution >= 0.6 is 0 Å². The van der Waals surface area contributed by atoms with Gasteiger partial charge in [0.15, 0.2) is 0 Å². The van der Waals surface area contributed by atoms with Crippen molar-refractivity contribution in [2.24, 2.45) is 0 Å². The number of aliphatic hydroxyl groups excluding tert-OH is 1. The Hall–Kier alpha value is -0.910. The van der Waals surface area contributed by atoms with Crippen molar-refractivity contribution in [2.75, 3.05) is 6.54 Å². The lowest BCUT2D eigenvalue weighted by Crippen LogP contribution is -2.43. The number of sulfonamides is 1. The first kappa shape index (κ1) is 12.5. The van der Waals surface area contributed by atoms with Gasteiger partial charge in [-0.1, -0.05) is 17.7 Å². The highest BCUT2D eigenvalue weighted by molar-refractivity contribution is 7.89. The van der Waals surface area contributed by atoms with Gasteiger partial charge in [0.25, 0.3) is 0 Å². The highest BCUT2D eigenvalue weighted by Crippen LogP contribution is 2.24. The summed E-state index contributed by atoms with van der Waals surface area (Å²) in [4.78, 5) is 0.254. The van der Waals surface area contributed by atoms with Crippen LogP contribution in [-0.4, -0.2) is 30.6 Å². The van der Waals surface area contributed by atoms with E-state index in [2.05, 4.69) is 0 Å². The van der Waals surface area contributed by atoms with Gasteiger partial charge < -0.3 is 5.11 Å². The summed E-state index contributed by atoms with van der Waals surface area (Å²) in [5.41, 5.74) is 1.02. The molecule has 1 aromatic carbocycles. The van der Waals surface area contributed by atoms with E-state index in [1.54, 1.807) is 24.3 Å². The van der Waals surface area contributed by atoms with Crippen LogP contribution < -0.4 is 0 Å². The second-order valence-corrected chi connectivity index (χ2v) is 6.30. The zero-order chi connectivity index (χ0) is 12.5. The van der Waals surface area contributed by atoms with Crippen molar-refractivity contribution >= 4 is 10.0 Å². The maximum absolute atomic E-state index is 12.3. The van der Waals surface area contributed by atoms with Crippen LogP contribution in [0, 0.1) is 6.92 Å². The number of piperidine rings is 1. The zero-order valence-electron chi connectivity index (χ0n) is 9.83. The van der Waals surface area contributed by atoms with Crippen LogP contribution in [0.5, 0.6) is 0 Å². The minimum atomic E-state index is -3.54. The maximum Gasteiger partial charge on any atom is 0.245 e. The molecule has 0 aromatic heterocycles. The molecule has 4 nitrogen and oxygen atoms in total. The largest absolute Gasteiger partial charge is 0.377 e. The van der Waals surface area contributed by atoms with Gasteiger partial charge in [0.1, 0.15) is 6.23 Å². The minimum absolute atomic E-state index is 0.254. The minimum Gasteiger partial charge on any atom is -0.377 e. The van der Waals surface area contributed by atoms with Crippen LogP contribution in [-0.2, 0) is 10.0 Å². The summed E-state index contributed by atoms with van der Waals surface area (Å²) >= 11 is 0. The molecule has 1 aliphatic heterocycles. The van der Waals surface area contributed by atoms with E-state index < -0.39 is 16.3 Å². The number of nitrogens with zero attached hydrogens (tertiary/aromatic N) is 1. The fourth-order valence-electron chi connectivity index (χ4n) is 2.01. The van der Waals surface area contributed by atoms with Gasteiger partial charge in [-0.25, -0.2) is 8.42 Å². The average molecular weight is 255 g/mol. The summed E-state index contributed by atoms with van der Waals surface area (Å²) in [7, 11) is -3.54. The molecule has 0 unspecified atom stereocenters. The summed E-state index contributed by atoms with van der Waals surface area (Å²) < 4.78 is 25.7. The molecule has 0 radical (unpaired) electrons. The van der Waals surface area contributed by atoms with Crippen molar-refractivity contribution in [3.05, 3.63) is 29.8 Å². The van der Waals surface area contributed by atoms with E-state index >= 15 is 0 Å². The summed E-state index contributed by atoms with van der Waals surface area (Å²) in [6.45, 7) is 2.31. The first-order chi connectivity index (χ1) is 8.01. The molecule has 1 aliphatic rings. The molecule has 17 heavy (non-hydrogen) atoms. The van der Waals surface area contributed by atoms with E-state index in [1.165, 1.54) is 4.31 Å². The summed E-state index contributed by atoms with van der Waals surface area (Å²) in [5, 5.41) is 9.77. The van der Waals surface area contributed by atoms with Crippen LogP contribution in [0.1, 0.15) is 24.8 Å². The van der Waals surface area contributed by atoms with Crippen LogP contribution in [0.25, 0.3) is 0 Å². The van der Waals surface area contributed by atoms with E-state index in [0.29, 0.717) is 13.0 Å². The van der Waals surface area contributed by atoms with Crippen molar-refractivity contribution in [1.29, 1.82) is 0 Å². The van der Waals surface area contributed by atoms with Gasteiger partial charge in [-0.3, -0.25) is 0 Å². The Morgan fingerprint density at radius 3 is 2.47 bits per heavy atom. The topological polar surface area (TPSA) is 57.6 Å². The van der Waals surface area contributed by atoms with Gasteiger partial charge in [-0.05, 0) is 38.3 Å². The zero-order valence-corrected chi connectivity index (χ0v) is 10.7. The molecule has 2 rings (SSSR count). The first-order valence-electron chi connectivity index (χ1n) is 5.78. The molecule has 0 bridgehead atoms. The second kappa shape index (κ2) is 4.76. The normalized spacial score (nSPS) is 22.6. The van der Waals surface area contributed by atoms with Crippen LogP contribution in [0.3, 0.4) is 0 Å². The molecule has 0 amide bonds. The van der Waals surface area contributed by atoms with E-state index in [-0.39, 0.29) is 4.90 Å². The summed E-state index contributed by atoms with van der Waals surface area (Å²) in [5.74, 6) is 0. The van der Waals surface area contributed by atoms with Crippen LogP contribution in [0.2, 0.25) is 0 Å². The Labute approximate surface area is 102 Å². The van der Waals surface area contributed by atoms with E-state index in [4.69, 9.17) is 0 Å². The molecular formula is C12H17NO3S. The Morgan fingerprint density at radius 2 is 1.88 bits per heavy atom. The molecule has 1 saturated heterocycles. The highest BCUT2D eigenvalue weighted by Gasteiger charge is 2.31. The molecule has 1 heterocycles. The smallest absolute Gasteiger partial charge is 0.245 e. The molecule has 1 aromatic rings. The standard InChI is InChI=1S/C12H17NO3S/c1-10-5-7-11(8-6-10)17(15,16)13-9-3-2-4-12(13)14/h5-8,12,14H,2-4,9H2,1H3/t12-/m1/s1.